The summed E-state index contributed by atoms with van der Waals surface area (Å²) < 4.78 is 0. The van der Waals surface area contributed by atoms with Crippen LogP contribution in [0.2, 0.25) is 0 Å². The molecule has 0 spiro atoms. The van der Waals surface area contributed by atoms with Crippen LogP contribution in [-0.2, 0) is 0 Å². The lowest BCUT2D eigenvalue weighted by molar-refractivity contribution is 1.17. The Hall–Kier alpha value is -4.30. The van der Waals surface area contributed by atoms with E-state index >= 15 is 0 Å². The number of hydrogen-bond acceptors (Lipinski definition) is 2. The summed E-state index contributed by atoms with van der Waals surface area (Å²) in [6, 6.07) is 34.6. The van der Waals surface area contributed by atoms with Crippen molar-refractivity contribution in [3.8, 4) is 33.9 Å². The fourth-order valence-corrected chi connectivity index (χ4v) is 5.25. The van der Waals surface area contributed by atoms with Gasteiger partial charge in [0.2, 0.25) is 0 Å². The molecular formula is C34H28N2. The van der Waals surface area contributed by atoms with Crippen LogP contribution in [0.5, 0.6) is 0 Å². The zero-order valence-corrected chi connectivity index (χ0v) is 21.1. The second-order valence-electron chi connectivity index (χ2n) is 9.73. The molecule has 0 aliphatic heterocycles. The minimum Gasteiger partial charge on any atom is -0.228 e. The van der Waals surface area contributed by atoms with E-state index in [0.717, 1.165) is 33.9 Å². The first-order valence-corrected chi connectivity index (χ1v) is 12.4. The van der Waals surface area contributed by atoms with Crippen LogP contribution in [0.3, 0.4) is 0 Å². The summed E-state index contributed by atoms with van der Waals surface area (Å²) in [6.45, 7) is 8.59. The minimum absolute atomic E-state index is 0.759. The Morgan fingerprint density at radius 2 is 0.889 bits per heavy atom. The van der Waals surface area contributed by atoms with Crippen LogP contribution in [0.15, 0.2) is 97.1 Å². The summed E-state index contributed by atoms with van der Waals surface area (Å²) >= 11 is 0. The van der Waals surface area contributed by atoms with Gasteiger partial charge in [-0.3, -0.25) is 0 Å². The smallest absolute Gasteiger partial charge is 0.160 e. The van der Waals surface area contributed by atoms with Crippen LogP contribution in [0.25, 0.3) is 55.4 Å². The van der Waals surface area contributed by atoms with Gasteiger partial charge < -0.3 is 0 Å². The molecule has 0 amide bonds. The van der Waals surface area contributed by atoms with Gasteiger partial charge in [-0.25, -0.2) is 9.97 Å². The molecule has 0 saturated heterocycles. The Kier molecular flexibility index (Phi) is 5.38. The van der Waals surface area contributed by atoms with Gasteiger partial charge in [0.05, 0.1) is 11.4 Å². The van der Waals surface area contributed by atoms with Gasteiger partial charge in [-0.05, 0) is 72.0 Å². The van der Waals surface area contributed by atoms with Gasteiger partial charge in [-0.2, -0.15) is 0 Å². The first-order valence-electron chi connectivity index (χ1n) is 12.4. The maximum absolute atomic E-state index is 5.16. The van der Waals surface area contributed by atoms with Gasteiger partial charge in [0.15, 0.2) is 5.82 Å². The molecule has 2 nitrogen and oxygen atoms in total. The number of nitrogens with zero attached hydrogens (tertiary/aromatic N) is 2. The number of aryl methyl sites for hydroxylation is 4. The fraction of sp³-hybridized carbons (Fsp3) is 0.118. The van der Waals surface area contributed by atoms with Crippen LogP contribution in [-0.4, -0.2) is 9.97 Å². The maximum atomic E-state index is 5.16. The highest BCUT2D eigenvalue weighted by molar-refractivity contribution is 6.00. The normalized spacial score (nSPS) is 11.3. The maximum Gasteiger partial charge on any atom is 0.160 e. The molecule has 174 valence electrons. The van der Waals surface area contributed by atoms with Crippen molar-refractivity contribution >= 4 is 21.5 Å². The molecule has 0 bridgehead atoms. The van der Waals surface area contributed by atoms with Gasteiger partial charge in [0, 0.05) is 16.7 Å². The molecule has 0 aliphatic rings. The molecule has 0 radical (unpaired) electrons. The Balaban J connectivity index is 1.68. The molecule has 2 heteroatoms. The zero-order valence-electron chi connectivity index (χ0n) is 21.1. The molecule has 0 unspecified atom stereocenters. The zero-order chi connectivity index (χ0) is 24.8. The predicted octanol–water partition coefficient (Wildman–Crippen LogP) is 9.02. The molecule has 6 aromatic rings. The lowest BCUT2D eigenvalue weighted by Crippen LogP contribution is -1.98. The second kappa shape index (κ2) is 8.73. The van der Waals surface area contributed by atoms with Crippen molar-refractivity contribution in [2.75, 3.05) is 0 Å². The lowest BCUT2D eigenvalue weighted by Gasteiger charge is -2.15. The van der Waals surface area contributed by atoms with E-state index in [1.165, 1.54) is 43.8 Å². The van der Waals surface area contributed by atoms with Crippen molar-refractivity contribution in [3.63, 3.8) is 0 Å². The van der Waals surface area contributed by atoms with Gasteiger partial charge >= 0.3 is 0 Å². The number of hydrogen-bond donors (Lipinski definition) is 0. The highest BCUT2D eigenvalue weighted by Gasteiger charge is 2.16. The van der Waals surface area contributed by atoms with E-state index in [9.17, 15) is 0 Å². The van der Waals surface area contributed by atoms with Gasteiger partial charge in [-0.1, -0.05) is 96.6 Å². The number of fused-ring (bicyclic) bond motifs is 2. The van der Waals surface area contributed by atoms with Crippen molar-refractivity contribution in [2.24, 2.45) is 0 Å². The minimum atomic E-state index is 0.759. The summed E-state index contributed by atoms with van der Waals surface area (Å²) in [5.41, 5.74) is 10.2. The quantitative estimate of drug-likeness (QED) is 0.261. The Morgan fingerprint density at radius 3 is 1.39 bits per heavy atom. The summed E-state index contributed by atoms with van der Waals surface area (Å²) in [6.07, 6.45) is 0. The molecule has 0 fully saturated rings. The predicted molar refractivity (Wildman–Crippen MR) is 152 cm³/mol. The number of aromatic nitrogens is 2. The first-order chi connectivity index (χ1) is 17.5. The van der Waals surface area contributed by atoms with E-state index in [0.29, 0.717) is 0 Å². The lowest BCUT2D eigenvalue weighted by atomic mass is 9.95. The SMILES string of the molecule is Cc1ccc(-c2nc(-c3ccc(C)c4ccccc34)cc(-c3ccc(C)c4ccccc34)n2)c(C)c1. The molecule has 0 N–H and O–H groups in total. The number of benzene rings is 5. The van der Waals surface area contributed by atoms with E-state index in [-0.39, 0.29) is 0 Å². The summed E-state index contributed by atoms with van der Waals surface area (Å²) in [4.78, 5) is 10.3. The standard InChI is InChI=1S/C34H28N2/c1-21-13-16-27(24(4)19-21)34-35-32(30-17-14-22(2)25-9-5-7-11-28(25)30)20-33(36-34)31-18-15-23(3)26-10-6-8-12-29(26)31/h5-20H,1-4H3. The van der Waals surface area contributed by atoms with Crippen molar-refractivity contribution < 1.29 is 0 Å². The molecule has 36 heavy (non-hydrogen) atoms. The average Bonchev–Trinajstić information content (AvgIpc) is 2.89. The Labute approximate surface area is 212 Å². The Morgan fingerprint density at radius 1 is 0.417 bits per heavy atom. The average molecular weight is 465 g/mol. The molecular weight excluding hydrogens is 436 g/mol. The molecule has 6 rings (SSSR count). The van der Waals surface area contributed by atoms with Gasteiger partial charge in [0.1, 0.15) is 0 Å². The highest BCUT2D eigenvalue weighted by atomic mass is 14.9. The third kappa shape index (κ3) is 3.76. The molecule has 0 aliphatic carbocycles. The third-order valence-corrected chi connectivity index (χ3v) is 7.19. The summed E-state index contributed by atoms with van der Waals surface area (Å²) in [5.74, 6) is 0.759. The molecule has 0 atom stereocenters. The Bertz CT molecular complexity index is 1680. The van der Waals surface area contributed by atoms with Crippen LogP contribution < -0.4 is 0 Å². The van der Waals surface area contributed by atoms with Crippen molar-refractivity contribution in [1.29, 1.82) is 0 Å². The van der Waals surface area contributed by atoms with E-state index in [2.05, 4.69) is 125 Å². The van der Waals surface area contributed by atoms with E-state index < -0.39 is 0 Å². The second-order valence-corrected chi connectivity index (χ2v) is 9.73. The van der Waals surface area contributed by atoms with E-state index in [4.69, 9.17) is 9.97 Å². The van der Waals surface area contributed by atoms with E-state index in [1.807, 2.05) is 0 Å². The first kappa shape index (κ1) is 22.2. The van der Waals surface area contributed by atoms with Crippen molar-refractivity contribution in [3.05, 3.63) is 119 Å². The molecule has 0 saturated carbocycles. The van der Waals surface area contributed by atoms with Crippen LogP contribution in [0.4, 0.5) is 0 Å². The van der Waals surface area contributed by atoms with Gasteiger partial charge in [0.25, 0.3) is 0 Å². The van der Waals surface area contributed by atoms with Crippen LogP contribution in [0.1, 0.15) is 22.3 Å². The topological polar surface area (TPSA) is 25.8 Å². The summed E-state index contributed by atoms with van der Waals surface area (Å²) in [5, 5.41) is 4.93. The van der Waals surface area contributed by atoms with Crippen LogP contribution in [0, 0.1) is 27.7 Å². The summed E-state index contributed by atoms with van der Waals surface area (Å²) in [7, 11) is 0. The molecule has 1 aromatic heterocycles. The van der Waals surface area contributed by atoms with Crippen molar-refractivity contribution in [2.45, 2.75) is 27.7 Å². The molecule has 1 heterocycles. The monoisotopic (exact) mass is 464 g/mol. The molecule has 5 aromatic carbocycles. The number of rotatable bonds is 3. The highest BCUT2D eigenvalue weighted by Crippen LogP contribution is 2.36. The van der Waals surface area contributed by atoms with Crippen LogP contribution >= 0.6 is 0 Å². The fourth-order valence-electron chi connectivity index (χ4n) is 5.25. The largest absolute Gasteiger partial charge is 0.228 e. The third-order valence-electron chi connectivity index (χ3n) is 7.19. The van der Waals surface area contributed by atoms with Gasteiger partial charge in [-0.15, -0.1) is 0 Å². The van der Waals surface area contributed by atoms with Crippen molar-refractivity contribution in [1.82, 2.24) is 9.97 Å². The van der Waals surface area contributed by atoms with E-state index in [1.54, 1.807) is 0 Å².